The van der Waals surface area contributed by atoms with E-state index < -0.39 is 0 Å². The first-order valence-corrected chi connectivity index (χ1v) is 3.37. The number of halogens is 1. The van der Waals surface area contributed by atoms with E-state index in [1.807, 2.05) is 6.92 Å². The fourth-order valence-electron chi connectivity index (χ4n) is 0.453. The third-order valence-corrected chi connectivity index (χ3v) is 1.57. The first-order valence-electron chi connectivity index (χ1n) is 2.93. The lowest BCUT2D eigenvalue weighted by Crippen LogP contribution is -2.13. The summed E-state index contributed by atoms with van der Waals surface area (Å²) in [7, 11) is 0. The van der Waals surface area contributed by atoms with Crippen LogP contribution in [0.4, 0.5) is 0 Å². The van der Waals surface area contributed by atoms with Gasteiger partial charge in [-0.05, 0) is 18.9 Å². The molecule has 0 saturated carbocycles. The zero-order valence-corrected chi connectivity index (χ0v) is 6.53. The molecule has 0 bridgehead atoms. The molecule has 2 heteroatoms. The van der Waals surface area contributed by atoms with Gasteiger partial charge in [0.1, 0.15) is 0 Å². The van der Waals surface area contributed by atoms with Crippen LogP contribution in [-0.4, -0.2) is 11.2 Å². The minimum atomic E-state index is -0.373. The van der Waals surface area contributed by atoms with E-state index >= 15 is 0 Å². The van der Waals surface area contributed by atoms with Crippen LogP contribution in [0.2, 0.25) is 0 Å². The lowest BCUT2D eigenvalue weighted by atomic mass is 10.1. The quantitative estimate of drug-likeness (QED) is 0.441. The van der Waals surface area contributed by atoms with Crippen LogP contribution in [0, 0.1) is 0 Å². The summed E-state index contributed by atoms with van der Waals surface area (Å²) in [5.41, 5.74) is 0.539. The molecular weight excluding hydrogens is 136 g/mol. The second-order valence-corrected chi connectivity index (χ2v) is 2.55. The van der Waals surface area contributed by atoms with Crippen LogP contribution in [0.5, 0.6) is 0 Å². The van der Waals surface area contributed by atoms with Crippen LogP contribution in [0.25, 0.3) is 0 Å². The summed E-state index contributed by atoms with van der Waals surface area (Å²) in [5, 5.41) is -0.373. The first kappa shape index (κ1) is 8.70. The number of carbonyl (C=O) groups excluding carboxylic acids is 1. The van der Waals surface area contributed by atoms with E-state index in [1.165, 1.54) is 0 Å². The number of hydrogen-bond acceptors (Lipinski definition) is 1. The maximum absolute atomic E-state index is 10.8. The van der Waals surface area contributed by atoms with E-state index in [-0.39, 0.29) is 11.2 Å². The van der Waals surface area contributed by atoms with Crippen LogP contribution in [0.3, 0.4) is 0 Å². The Kier molecular flexibility index (Phi) is 3.55. The smallest absolute Gasteiger partial charge is 0.175 e. The molecule has 0 aromatic carbocycles. The number of carbonyl (C=O) groups is 1. The highest BCUT2D eigenvalue weighted by Crippen LogP contribution is 2.06. The molecule has 0 N–H and O–H groups in total. The summed E-state index contributed by atoms with van der Waals surface area (Å²) >= 11 is 5.60. The molecule has 1 nitrogen and oxygen atoms in total. The molecule has 9 heavy (non-hydrogen) atoms. The van der Waals surface area contributed by atoms with Gasteiger partial charge in [0.05, 0.1) is 5.38 Å². The van der Waals surface area contributed by atoms with Gasteiger partial charge in [0.15, 0.2) is 5.78 Å². The first-order chi connectivity index (χ1) is 4.09. The molecule has 0 aliphatic carbocycles. The molecular formula is C7H11ClO. The van der Waals surface area contributed by atoms with Gasteiger partial charge in [-0.25, -0.2) is 0 Å². The highest BCUT2D eigenvalue weighted by molar-refractivity contribution is 6.33. The second kappa shape index (κ2) is 3.67. The molecule has 0 saturated heterocycles. The Hall–Kier alpha value is -0.300. The van der Waals surface area contributed by atoms with E-state index in [9.17, 15) is 4.79 Å². The van der Waals surface area contributed by atoms with Crippen LogP contribution in [-0.2, 0) is 4.79 Å². The minimum Gasteiger partial charge on any atom is -0.293 e. The Morgan fingerprint density at radius 1 is 1.78 bits per heavy atom. The van der Waals surface area contributed by atoms with Gasteiger partial charge in [-0.1, -0.05) is 13.5 Å². The molecule has 1 atom stereocenters. The SMILES string of the molecule is C=C(C)C(=O)C(Cl)CC. The molecule has 1 unspecified atom stereocenters. The number of allylic oxidation sites excluding steroid dienone is 1. The zero-order chi connectivity index (χ0) is 7.44. The third-order valence-electron chi connectivity index (χ3n) is 1.06. The molecule has 0 aromatic rings. The van der Waals surface area contributed by atoms with Gasteiger partial charge < -0.3 is 0 Å². The number of rotatable bonds is 3. The molecule has 0 aliphatic heterocycles. The van der Waals surface area contributed by atoms with Gasteiger partial charge >= 0.3 is 0 Å². The average Bonchev–Trinajstić information content (AvgIpc) is 1.84. The van der Waals surface area contributed by atoms with Crippen molar-refractivity contribution in [3.8, 4) is 0 Å². The Bertz CT molecular complexity index is 129. The highest BCUT2D eigenvalue weighted by Gasteiger charge is 2.11. The van der Waals surface area contributed by atoms with Crippen molar-refractivity contribution in [1.82, 2.24) is 0 Å². The zero-order valence-electron chi connectivity index (χ0n) is 5.78. The fraction of sp³-hybridized carbons (Fsp3) is 0.571. The summed E-state index contributed by atoms with van der Waals surface area (Å²) in [6.45, 7) is 7.04. The second-order valence-electron chi connectivity index (χ2n) is 2.02. The van der Waals surface area contributed by atoms with Gasteiger partial charge in [0.25, 0.3) is 0 Å². The van der Waals surface area contributed by atoms with Gasteiger partial charge in [-0.2, -0.15) is 0 Å². The largest absolute Gasteiger partial charge is 0.293 e. The van der Waals surface area contributed by atoms with Crippen molar-refractivity contribution in [2.75, 3.05) is 0 Å². The van der Waals surface area contributed by atoms with Crippen LogP contribution >= 0.6 is 11.6 Å². The molecule has 0 amide bonds. The van der Waals surface area contributed by atoms with Crippen molar-refractivity contribution in [1.29, 1.82) is 0 Å². The Labute approximate surface area is 60.7 Å². The number of Topliss-reactive ketones (excluding diaryl/α,β-unsaturated/α-hetero) is 1. The van der Waals surface area contributed by atoms with Gasteiger partial charge in [0, 0.05) is 0 Å². The summed E-state index contributed by atoms with van der Waals surface area (Å²) in [6.07, 6.45) is 0.674. The molecule has 0 aliphatic rings. The van der Waals surface area contributed by atoms with Crippen molar-refractivity contribution in [2.45, 2.75) is 25.6 Å². The number of ketones is 1. The monoisotopic (exact) mass is 146 g/mol. The average molecular weight is 147 g/mol. The maximum Gasteiger partial charge on any atom is 0.175 e. The van der Waals surface area contributed by atoms with Crippen LogP contribution < -0.4 is 0 Å². The third kappa shape index (κ3) is 2.66. The predicted octanol–water partition coefficient (Wildman–Crippen LogP) is 2.15. The molecule has 52 valence electrons. The fourth-order valence-corrected chi connectivity index (χ4v) is 0.639. The molecule has 0 aromatic heterocycles. The normalized spacial score (nSPS) is 12.8. The van der Waals surface area contributed by atoms with E-state index in [4.69, 9.17) is 11.6 Å². The van der Waals surface area contributed by atoms with E-state index in [1.54, 1.807) is 6.92 Å². The summed E-state index contributed by atoms with van der Waals surface area (Å²) in [5.74, 6) is -0.0424. The molecule has 0 heterocycles. The van der Waals surface area contributed by atoms with Crippen molar-refractivity contribution in [3.63, 3.8) is 0 Å². The summed E-state index contributed by atoms with van der Waals surface area (Å²) in [6, 6.07) is 0. The summed E-state index contributed by atoms with van der Waals surface area (Å²) < 4.78 is 0. The van der Waals surface area contributed by atoms with E-state index in [0.29, 0.717) is 12.0 Å². The van der Waals surface area contributed by atoms with Crippen molar-refractivity contribution in [3.05, 3.63) is 12.2 Å². The Balaban J connectivity index is 3.88. The van der Waals surface area contributed by atoms with Gasteiger partial charge in [-0.3, -0.25) is 4.79 Å². The molecule has 0 spiro atoms. The topological polar surface area (TPSA) is 17.1 Å². The Morgan fingerprint density at radius 3 is 2.33 bits per heavy atom. The maximum atomic E-state index is 10.8. The van der Waals surface area contributed by atoms with Gasteiger partial charge in [-0.15, -0.1) is 11.6 Å². The predicted molar refractivity (Wildman–Crippen MR) is 39.8 cm³/mol. The van der Waals surface area contributed by atoms with Crippen molar-refractivity contribution < 1.29 is 4.79 Å². The van der Waals surface area contributed by atoms with E-state index in [0.717, 1.165) is 0 Å². The molecule has 0 radical (unpaired) electrons. The van der Waals surface area contributed by atoms with Crippen LogP contribution in [0.1, 0.15) is 20.3 Å². The standard InChI is InChI=1S/C7H11ClO/c1-4-6(8)7(9)5(2)3/h6H,2,4H2,1,3H3. The lowest BCUT2D eigenvalue weighted by Gasteiger charge is -2.02. The number of alkyl halides is 1. The number of hydrogen-bond donors (Lipinski definition) is 0. The highest BCUT2D eigenvalue weighted by atomic mass is 35.5. The van der Waals surface area contributed by atoms with E-state index in [2.05, 4.69) is 6.58 Å². The minimum absolute atomic E-state index is 0.0424. The lowest BCUT2D eigenvalue weighted by molar-refractivity contribution is -0.115. The van der Waals surface area contributed by atoms with Crippen molar-refractivity contribution >= 4 is 17.4 Å². The Morgan fingerprint density at radius 2 is 2.22 bits per heavy atom. The van der Waals surface area contributed by atoms with Crippen molar-refractivity contribution in [2.24, 2.45) is 0 Å². The van der Waals surface area contributed by atoms with Crippen LogP contribution in [0.15, 0.2) is 12.2 Å². The molecule has 0 fully saturated rings. The summed E-state index contributed by atoms with van der Waals surface area (Å²) in [4.78, 5) is 10.8. The van der Waals surface area contributed by atoms with Gasteiger partial charge in [0.2, 0.25) is 0 Å². The molecule has 0 rings (SSSR count).